The molecule has 0 spiro atoms. The van der Waals surface area contributed by atoms with Crippen molar-refractivity contribution in [1.82, 2.24) is 4.57 Å². The summed E-state index contributed by atoms with van der Waals surface area (Å²) in [7, 11) is 0. The van der Waals surface area contributed by atoms with Crippen LogP contribution in [0.3, 0.4) is 0 Å². The molecular weight excluding hydrogens is 267 g/mol. The van der Waals surface area contributed by atoms with Crippen LogP contribution in [0.2, 0.25) is 10.0 Å². The Morgan fingerprint density at radius 3 is 2.72 bits per heavy atom. The van der Waals surface area contributed by atoms with Gasteiger partial charge < -0.3 is 9.88 Å². The lowest BCUT2D eigenvalue weighted by molar-refractivity contribution is 0.682. The van der Waals surface area contributed by atoms with Crippen molar-refractivity contribution in [2.24, 2.45) is 0 Å². The standard InChI is InChI=1S/C14H16Cl2N2/c1-2-6-18-7-5-11(10-18)9-17-12-3-4-13(15)14(16)8-12/h3-5,7-8,10,17H,2,6,9H2,1H3. The van der Waals surface area contributed by atoms with E-state index in [4.69, 9.17) is 23.2 Å². The molecule has 1 aromatic heterocycles. The van der Waals surface area contributed by atoms with Gasteiger partial charge in [0.2, 0.25) is 0 Å². The maximum atomic E-state index is 5.96. The van der Waals surface area contributed by atoms with Gasteiger partial charge in [-0.3, -0.25) is 0 Å². The molecule has 0 radical (unpaired) electrons. The van der Waals surface area contributed by atoms with E-state index in [9.17, 15) is 0 Å². The molecule has 0 fully saturated rings. The molecule has 4 heteroatoms. The Morgan fingerprint density at radius 1 is 1.17 bits per heavy atom. The van der Waals surface area contributed by atoms with Crippen molar-refractivity contribution < 1.29 is 0 Å². The Labute approximate surface area is 118 Å². The molecule has 1 aromatic carbocycles. The average Bonchev–Trinajstić information content (AvgIpc) is 2.79. The summed E-state index contributed by atoms with van der Waals surface area (Å²) in [5, 5.41) is 4.48. The van der Waals surface area contributed by atoms with E-state index in [1.54, 1.807) is 6.07 Å². The first kappa shape index (κ1) is 13.3. The molecular formula is C14H16Cl2N2. The van der Waals surface area contributed by atoms with E-state index in [0.29, 0.717) is 10.0 Å². The topological polar surface area (TPSA) is 17.0 Å². The lowest BCUT2D eigenvalue weighted by Crippen LogP contribution is -1.98. The van der Waals surface area contributed by atoms with Crippen LogP contribution < -0.4 is 5.32 Å². The molecule has 0 aliphatic rings. The van der Waals surface area contributed by atoms with Crippen LogP contribution in [0.25, 0.3) is 0 Å². The van der Waals surface area contributed by atoms with Crippen LogP contribution in [0.4, 0.5) is 5.69 Å². The molecule has 0 bridgehead atoms. The zero-order valence-corrected chi connectivity index (χ0v) is 11.8. The zero-order chi connectivity index (χ0) is 13.0. The summed E-state index contributed by atoms with van der Waals surface area (Å²) >= 11 is 11.8. The molecule has 2 nitrogen and oxygen atoms in total. The van der Waals surface area contributed by atoms with Gasteiger partial charge in [0.05, 0.1) is 10.0 Å². The van der Waals surface area contributed by atoms with Crippen molar-refractivity contribution in [2.75, 3.05) is 5.32 Å². The van der Waals surface area contributed by atoms with Gasteiger partial charge in [-0.15, -0.1) is 0 Å². The average molecular weight is 283 g/mol. The minimum Gasteiger partial charge on any atom is -0.381 e. The molecule has 0 saturated heterocycles. The maximum absolute atomic E-state index is 5.96. The molecule has 0 saturated carbocycles. The number of rotatable bonds is 5. The van der Waals surface area contributed by atoms with Crippen LogP contribution >= 0.6 is 23.2 Å². The highest BCUT2D eigenvalue weighted by atomic mass is 35.5. The van der Waals surface area contributed by atoms with E-state index < -0.39 is 0 Å². The molecule has 0 atom stereocenters. The number of halogens is 2. The normalized spacial score (nSPS) is 10.6. The molecule has 2 aromatic rings. The van der Waals surface area contributed by atoms with Crippen LogP contribution in [0.1, 0.15) is 18.9 Å². The van der Waals surface area contributed by atoms with Crippen molar-refractivity contribution in [1.29, 1.82) is 0 Å². The van der Waals surface area contributed by atoms with Crippen LogP contribution in [-0.4, -0.2) is 4.57 Å². The van der Waals surface area contributed by atoms with E-state index >= 15 is 0 Å². The van der Waals surface area contributed by atoms with Crippen molar-refractivity contribution >= 4 is 28.9 Å². The number of nitrogens with zero attached hydrogens (tertiary/aromatic N) is 1. The van der Waals surface area contributed by atoms with E-state index in [1.807, 2.05) is 12.1 Å². The Morgan fingerprint density at radius 2 is 2.00 bits per heavy atom. The fraction of sp³-hybridized carbons (Fsp3) is 0.286. The van der Waals surface area contributed by atoms with E-state index in [1.165, 1.54) is 5.56 Å². The number of aromatic nitrogens is 1. The molecule has 0 amide bonds. The minimum absolute atomic E-state index is 0.574. The molecule has 0 aliphatic carbocycles. The van der Waals surface area contributed by atoms with Gasteiger partial charge in [-0.05, 0) is 36.2 Å². The maximum Gasteiger partial charge on any atom is 0.0612 e. The smallest absolute Gasteiger partial charge is 0.0612 e. The molecule has 1 heterocycles. The highest BCUT2D eigenvalue weighted by Crippen LogP contribution is 2.25. The second kappa shape index (κ2) is 6.17. The van der Waals surface area contributed by atoms with Gasteiger partial charge in [0, 0.05) is 31.2 Å². The lowest BCUT2D eigenvalue weighted by atomic mass is 10.3. The molecule has 2 rings (SSSR count). The van der Waals surface area contributed by atoms with Gasteiger partial charge in [-0.2, -0.15) is 0 Å². The second-order valence-electron chi connectivity index (χ2n) is 4.24. The fourth-order valence-electron chi connectivity index (χ4n) is 1.80. The summed E-state index contributed by atoms with van der Waals surface area (Å²) in [6, 6.07) is 7.69. The Balaban J connectivity index is 1.95. The van der Waals surface area contributed by atoms with Crippen molar-refractivity contribution in [2.45, 2.75) is 26.4 Å². The SMILES string of the molecule is CCCn1ccc(CNc2ccc(Cl)c(Cl)c2)c1. The van der Waals surface area contributed by atoms with Gasteiger partial charge in [-0.1, -0.05) is 30.1 Å². The van der Waals surface area contributed by atoms with Crippen molar-refractivity contribution in [3.05, 3.63) is 52.3 Å². The van der Waals surface area contributed by atoms with Gasteiger partial charge in [0.15, 0.2) is 0 Å². The van der Waals surface area contributed by atoms with Gasteiger partial charge in [0.1, 0.15) is 0 Å². The minimum atomic E-state index is 0.574. The van der Waals surface area contributed by atoms with Crippen LogP contribution in [0.5, 0.6) is 0 Å². The molecule has 96 valence electrons. The summed E-state index contributed by atoms with van der Waals surface area (Å²) in [4.78, 5) is 0. The number of benzene rings is 1. The van der Waals surface area contributed by atoms with Crippen molar-refractivity contribution in [3.63, 3.8) is 0 Å². The largest absolute Gasteiger partial charge is 0.381 e. The lowest BCUT2D eigenvalue weighted by Gasteiger charge is -2.06. The molecule has 0 unspecified atom stereocenters. The number of aryl methyl sites for hydroxylation is 1. The molecule has 18 heavy (non-hydrogen) atoms. The summed E-state index contributed by atoms with van der Waals surface area (Å²) in [5.41, 5.74) is 2.24. The monoisotopic (exact) mass is 282 g/mol. The predicted molar refractivity (Wildman–Crippen MR) is 78.5 cm³/mol. The Kier molecular flexibility index (Phi) is 4.56. The van der Waals surface area contributed by atoms with E-state index in [0.717, 1.165) is 25.2 Å². The quantitative estimate of drug-likeness (QED) is 0.832. The summed E-state index contributed by atoms with van der Waals surface area (Å²) in [5.74, 6) is 0. The van der Waals surface area contributed by atoms with Crippen molar-refractivity contribution in [3.8, 4) is 0 Å². The molecule has 1 N–H and O–H groups in total. The predicted octanol–water partition coefficient (Wildman–Crippen LogP) is 4.82. The van der Waals surface area contributed by atoms with Crippen LogP contribution in [0.15, 0.2) is 36.7 Å². The second-order valence-corrected chi connectivity index (χ2v) is 5.05. The first-order valence-corrected chi connectivity index (χ1v) is 6.78. The third-order valence-corrected chi connectivity index (χ3v) is 3.45. The highest BCUT2D eigenvalue weighted by Gasteiger charge is 2.00. The highest BCUT2D eigenvalue weighted by molar-refractivity contribution is 6.42. The number of anilines is 1. The van der Waals surface area contributed by atoms with Gasteiger partial charge in [-0.25, -0.2) is 0 Å². The number of hydrogen-bond acceptors (Lipinski definition) is 1. The number of hydrogen-bond donors (Lipinski definition) is 1. The first-order valence-electron chi connectivity index (χ1n) is 6.02. The molecule has 0 aliphatic heterocycles. The van der Waals surface area contributed by atoms with E-state index in [2.05, 4.69) is 35.3 Å². The first-order chi connectivity index (χ1) is 8.69. The van der Waals surface area contributed by atoms with Gasteiger partial charge >= 0.3 is 0 Å². The van der Waals surface area contributed by atoms with Crippen LogP contribution in [0, 0.1) is 0 Å². The van der Waals surface area contributed by atoms with E-state index in [-0.39, 0.29) is 0 Å². The van der Waals surface area contributed by atoms with Gasteiger partial charge in [0.25, 0.3) is 0 Å². The summed E-state index contributed by atoms with van der Waals surface area (Å²) < 4.78 is 2.20. The third-order valence-electron chi connectivity index (χ3n) is 2.71. The number of nitrogens with one attached hydrogen (secondary N) is 1. The Bertz CT molecular complexity index is 520. The summed E-state index contributed by atoms with van der Waals surface area (Å²) in [6.07, 6.45) is 5.41. The third kappa shape index (κ3) is 3.44. The summed E-state index contributed by atoms with van der Waals surface area (Å²) in [6.45, 7) is 4.02. The fourth-order valence-corrected chi connectivity index (χ4v) is 2.10. The zero-order valence-electron chi connectivity index (χ0n) is 10.3. The Hall–Kier alpha value is -1.12. The van der Waals surface area contributed by atoms with Crippen LogP contribution in [-0.2, 0) is 13.1 Å².